The van der Waals surface area contributed by atoms with Crippen LogP contribution in [0.5, 0.6) is 0 Å². The number of benzene rings is 1. The van der Waals surface area contributed by atoms with Crippen LogP contribution in [0.15, 0.2) is 40.5 Å². The quantitative estimate of drug-likeness (QED) is 0.716. The number of hydrogen-bond acceptors (Lipinski definition) is 2. The lowest BCUT2D eigenvalue weighted by Gasteiger charge is -2.06. The standard InChI is InChI=1S/C13H7ClFNOS/c14-13-9(5-6-18-13)7-1-3-10(15)12-8(7)2-4-11(17)16-12/h1-6H,(H,16,17). The van der Waals surface area contributed by atoms with Crippen LogP contribution in [0.1, 0.15) is 0 Å². The maximum absolute atomic E-state index is 13.7. The molecule has 18 heavy (non-hydrogen) atoms. The molecule has 2 heterocycles. The first-order valence-corrected chi connectivity index (χ1v) is 6.47. The number of hydrogen-bond donors (Lipinski definition) is 1. The lowest BCUT2D eigenvalue weighted by Crippen LogP contribution is -2.04. The third-order valence-electron chi connectivity index (χ3n) is 2.75. The molecule has 2 nitrogen and oxygen atoms in total. The molecular weight excluding hydrogens is 273 g/mol. The second kappa shape index (κ2) is 4.23. The van der Waals surface area contributed by atoms with E-state index < -0.39 is 5.82 Å². The van der Waals surface area contributed by atoms with Crippen molar-refractivity contribution in [1.29, 1.82) is 0 Å². The van der Waals surface area contributed by atoms with Gasteiger partial charge in [-0.25, -0.2) is 4.39 Å². The number of fused-ring (bicyclic) bond motifs is 1. The molecule has 0 saturated carbocycles. The third-order valence-corrected chi connectivity index (χ3v) is 3.92. The normalized spacial score (nSPS) is 11.0. The minimum atomic E-state index is -0.446. The Kier molecular flexibility index (Phi) is 2.69. The Hall–Kier alpha value is -1.65. The summed E-state index contributed by atoms with van der Waals surface area (Å²) in [5.41, 5.74) is 1.55. The number of aromatic nitrogens is 1. The molecule has 3 rings (SSSR count). The molecule has 0 radical (unpaired) electrons. The van der Waals surface area contributed by atoms with Gasteiger partial charge in [-0.05, 0) is 29.1 Å². The highest BCUT2D eigenvalue weighted by Crippen LogP contribution is 2.36. The first-order chi connectivity index (χ1) is 8.66. The molecule has 1 aromatic carbocycles. The van der Waals surface area contributed by atoms with Crippen molar-refractivity contribution in [3.8, 4) is 11.1 Å². The molecule has 90 valence electrons. The summed E-state index contributed by atoms with van der Waals surface area (Å²) in [6.45, 7) is 0. The molecule has 0 fully saturated rings. The molecular formula is C13H7ClFNOS. The minimum absolute atomic E-state index is 0.210. The number of nitrogens with one attached hydrogen (secondary N) is 1. The highest BCUT2D eigenvalue weighted by atomic mass is 35.5. The Morgan fingerprint density at radius 2 is 1.94 bits per heavy atom. The van der Waals surface area contributed by atoms with Gasteiger partial charge in [-0.1, -0.05) is 17.7 Å². The summed E-state index contributed by atoms with van der Waals surface area (Å²) in [7, 11) is 0. The maximum atomic E-state index is 13.7. The highest BCUT2D eigenvalue weighted by Gasteiger charge is 2.11. The summed E-state index contributed by atoms with van der Waals surface area (Å²) in [6, 6.07) is 7.88. The van der Waals surface area contributed by atoms with E-state index in [4.69, 9.17) is 11.6 Å². The zero-order valence-corrected chi connectivity index (χ0v) is 10.6. The second-order valence-corrected chi connectivity index (χ2v) is 5.33. The molecule has 1 N–H and O–H groups in total. The first kappa shape index (κ1) is 11.4. The SMILES string of the molecule is O=c1ccc2c(-c3ccsc3Cl)ccc(F)c2[nH]1. The van der Waals surface area contributed by atoms with E-state index in [1.165, 1.54) is 23.5 Å². The fourth-order valence-electron chi connectivity index (χ4n) is 1.94. The molecule has 5 heteroatoms. The van der Waals surface area contributed by atoms with Gasteiger partial charge in [0.05, 0.1) is 5.52 Å². The van der Waals surface area contributed by atoms with E-state index in [0.717, 1.165) is 11.1 Å². The number of H-pyrrole nitrogens is 1. The third kappa shape index (κ3) is 1.74. The van der Waals surface area contributed by atoms with Crippen molar-refractivity contribution in [2.24, 2.45) is 0 Å². The molecule has 0 aliphatic carbocycles. The first-order valence-electron chi connectivity index (χ1n) is 5.22. The number of halogens is 2. The minimum Gasteiger partial charge on any atom is -0.319 e. The molecule has 0 aliphatic heterocycles. The summed E-state index contributed by atoms with van der Waals surface area (Å²) in [5, 5.41) is 2.52. The maximum Gasteiger partial charge on any atom is 0.248 e. The van der Waals surface area contributed by atoms with Crippen LogP contribution in [-0.2, 0) is 0 Å². The van der Waals surface area contributed by atoms with Crippen LogP contribution in [0.2, 0.25) is 4.34 Å². The van der Waals surface area contributed by atoms with E-state index in [9.17, 15) is 9.18 Å². The van der Waals surface area contributed by atoms with Gasteiger partial charge in [0, 0.05) is 17.0 Å². The topological polar surface area (TPSA) is 32.9 Å². The van der Waals surface area contributed by atoms with E-state index in [1.54, 1.807) is 12.1 Å². The Morgan fingerprint density at radius 1 is 1.11 bits per heavy atom. The summed E-state index contributed by atoms with van der Waals surface area (Å²) in [6.07, 6.45) is 0. The van der Waals surface area contributed by atoms with Crippen LogP contribution in [-0.4, -0.2) is 4.98 Å². The molecule has 0 aliphatic rings. The molecule has 3 aromatic rings. The summed E-state index contributed by atoms with van der Waals surface area (Å²) < 4.78 is 14.3. The van der Waals surface area contributed by atoms with Gasteiger partial charge in [-0.3, -0.25) is 4.79 Å². The van der Waals surface area contributed by atoms with E-state index in [1.807, 2.05) is 11.4 Å². The number of aromatic amines is 1. The second-order valence-electron chi connectivity index (χ2n) is 3.81. The van der Waals surface area contributed by atoms with Crippen molar-refractivity contribution in [2.75, 3.05) is 0 Å². The summed E-state index contributed by atoms with van der Waals surface area (Å²) in [5.74, 6) is -0.446. The van der Waals surface area contributed by atoms with Crippen molar-refractivity contribution in [3.63, 3.8) is 0 Å². The molecule has 0 unspecified atom stereocenters. The number of rotatable bonds is 1. The average Bonchev–Trinajstić information content (AvgIpc) is 2.77. The summed E-state index contributed by atoms with van der Waals surface area (Å²) in [4.78, 5) is 13.8. The van der Waals surface area contributed by atoms with Crippen LogP contribution in [0.25, 0.3) is 22.0 Å². The van der Waals surface area contributed by atoms with Crippen LogP contribution in [0.3, 0.4) is 0 Å². The lowest BCUT2D eigenvalue weighted by molar-refractivity contribution is 0.636. The zero-order valence-electron chi connectivity index (χ0n) is 9.04. The van der Waals surface area contributed by atoms with E-state index in [-0.39, 0.29) is 11.1 Å². The molecule has 0 saturated heterocycles. The van der Waals surface area contributed by atoms with Crippen LogP contribution >= 0.6 is 22.9 Å². The van der Waals surface area contributed by atoms with Gasteiger partial charge in [0.15, 0.2) is 0 Å². The molecule has 0 spiro atoms. The lowest BCUT2D eigenvalue weighted by atomic mass is 10.0. The largest absolute Gasteiger partial charge is 0.319 e. The van der Waals surface area contributed by atoms with Gasteiger partial charge in [0.1, 0.15) is 10.2 Å². The Morgan fingerprint density at radius 3 is 2.67 bits per heavy atom. The predicted molar refractivity (Wildman–Crippen MR) is 72.8 cm³/mol. The number of thiophene rings is 1. The van der Waals surface area contributed by atoms with Gasteiger partial charge in [-0.2, -0.15) is 0 Å². The van der Waals surface area contributed by atoms with E-state index in [2.05, 4.69) is 4.98 Å². The number of pyridine rings is 1. The van der Waals surface area contributed by atoms with Gasteiger partial charge in [0.25, 0.3) is 0 Å². The fraction of sp³-hybridized carbons (Fsp3) is 0. The van der Waals surface area contributed by atoms with Crippen molar-refractivity contribution < 1.29 is 4.39 Å². The van der Waals surface area contributed by atoms with E-state index >= 15 is 0 Å². The Bertz CT molecular complexity index is 793. The van der Waals surface area contributed by atoms with Gasteiger partial charge in [0.2, 0.25) is 5.56 Å². The molecule has 0 bridgehead atoms. The fourth-order valence-corrected chi connectivity index (χ4v) is 2.89. The van der Waals surface area contributed by atoms with Crippen molar-refractivity contribution >= 4 is 33.8 Å². The van der Waals surface area contributed by atoms with Crippen LogP contribution < -0.4 is 5.56 Å². The molecule has 2 aromatic heterocycles. The van der Waals surface area contributed by atoms with Crippen LogP contribution in [0, 0.1) is 5.82 Å². The predicted octanol–water partition coefficient (Wildman–Crippen LogP) is 4.05. The molecule has 0 atom stereocenters. The monoisotopic (exact) mass is 279 g/mol. The van der Waals surface area contributed by atoms with Crippen molar-refractivity contribution in [1.82, 2.24) is 4.98 Å². The van der Waals surface area contributed by atoms with E-state index in [0.29, 0.717) is 9.72 Å². The molecule has 0 amide bonds. The van der Waals surface area contributed by atoms with Crippen molar-refractivity contribution in [2.45, 2.75) is 0 Å². The van der Waals surface area contributed by atoms with Gasteiger partial charge in [-0.15, -0.1) is 11.3 Å². The van der Waals surface area contributed by atoms with Gasteiger partial charge < -0.3 is 4.98 Å². The average molecular weight is 280 g/mol. The summed E-state index contributed by atoms with van der Waals surface area (Å²) >= 11 is 7.51. The smallest absolute Gasteiger partial charge is 0.248 e. The van der Waals surface area contributed by atoms with Gasteiger partial charge >= 0.3 is 0 Å². The Balaban J connectivity index is 2.42. The van der Waals surface area contributed by atoms with Crippen molar-refractivity contribution in [3.05, 3.63) is 56.2 Å². The van der Waals surface area contributed by atoms with Crippen LogP contribution in [0.4, 0.5) is 4.39 Å². The zero-order chi connectivity index (χ0) is 12.7. The highest BCUT2D eigenvalue weighted by molar-refractivity contribution is 7.15. The Labute approximate surface area is 111 Å².